The molecule has 0 bridgehead atoms. The van der Waals surface area contributed by atoms with Crippen molar-refractivity contribution in [2.45, 2.75) is 43.9 Å². The number of nitrogens with two attached hydrogens (primary N) is 1. The molecule has 3 rings (SSSR count). The van der Waals surface area contributed by atoms with E-state index < -0.39 is 0 Å². The van der Waals surface area contributed by atoms with E-state index in [9.17, 15) is 4.39 Å². The fraction of sp³-hybridized carbons (Fsp3) is 0.588. The molecular weight excluding hydrogens is 265 g/mol. The summed E-state index contributed by atoms with van der Waals surface area (Å²) >= 11 is 0. The average Bonchev–Trinajstić information content (AvgIpc) is 3.30. The lowest BCUT2D eigenvalue weighted by molar-refractivity contribution is 0.427. The molecule has 1 saturated heterocycles. The van der Waals surface area contributed by atoms with Gasteiger partial charge in [0, 0.05) is 18.5 Å². The van der Waals surface area contributed by atoms with Crippen LogP contribution in [0.2, 0.25) is 0 Å². The Kier molecular flexibility index (Phi) is 4.13. The minimum atomic E-state index is -0.179. The number of hydrogen-bond donors (Lipinski definition) is 1. The first-order valence-electron chi connectivity index (χ1n) is 8.01. The summed E-state index contributed by atoms with van der Waals surface area (Å²) in [5.41, 5.74) is 7.46. The Morgan fingerprint density at radius 2 is 1.71 bits per heavy atom. The number of guanidine groups is 1. The van der Waals surface area contributed by atoms with Crippen molar-refractivity contribution in [3.05, 3.63) is 35.6 Å². The van der Waals surface area contributed by atoms with Gasteiger partial charge in [0.15, 0.2) is 5.96 Å². The first-order valence-corrected chi connectivity index (χ1v) is 8.01. The van der Waals surface area contributed by atoms with Crippen LogP contribution in [0.4, 0.5) is 4.39 Å². The van der Waals surface area contributed by atoms with Gasteiger partial charge in [-0.15, -0.1) is 0 Å². The van der Waals surface area contributed by atoms with Crippen LogP contribution >= 0.6 is 0 Å². The van der Waals surface area contributed by atoms with E-state index in [0.717, 1.165) is 32.5 Å². The Labute approximate surface area is 126 Å². The van der Waals surface area contributed by atoms with Crippen LogP contribution in [0.5, 0.6) is 0 Å². The van der Waals surface area contributed by atoms with Crippen molar-refractivity contribution in [3.63, 3.8) is 0 Å². The predicted molar refractivity (Wildman–Crippen MR) is 83.8 cm³/mol. The molecule has 1 saturated carbocycles. The average molecular weight is 289 g/mol. The van der Waals surface area contributed by atoms with E-state index >= 15 is 0 Å². The van der Waals surface area contributed by atoms with E-state index in [4.69, 9.17) is 5.73 Å². The van der Waals surface area contributed by atoms with Gasteiger partial charge in [-0.1, -0.05) is 25.0 Å². The second-order valence-electron chi connectivity index (χ2n) is 6.36. The molecule has 0 amide bonds. The van der Waals surface area contributed by atoms with E-state index in [0.29, 0.717) is 5.96 Å². The molecule has 0 spiro atoms. The molecular formula is C17H24FN3. The molecule has 1 aliphatic heterocycles. The largest absolute Gasteiger partial charge is 0.370 e. The van der Waals surface area contributed by atoms with Gasteiger partial charge in [0.1, 0.15) is 5.82 Å². The van der Waals surface area contributed by atoms with Crippen molar-refractivity contribution >= 4 is 5.96 Å². The molecule has 114 valence electrons. The molecule has 4 heteroatoms. The third-order valence-corrected chi connectivity index (χ3v) is 4.78. The summed E-state index contributed by atoms with van der Waals surface area (Å²) in [5, 5.41) is 0. The molecule has 21 heavy (non-hydrogen) atoms. The maximum Gasteiger partial charge on any atom is 0.191 e. The molecule has 1 aliphatic carbocycles. The molecule has 0 aromatic heterocycles. The van der Waals surface area contributed by atoms with Crippen molar-refractivity contribution in [3.8, 4) is 0 Å². The van der Waals surface area contributed by atoms with E-state index in [1.165, 1.54) is 43.4 Å². The van der Waals surface area contributed by atoms with Gasteiger partial charge in [-0.3, -0.25) is 4.99 Å². The number of likely N-dealkylation sites (tertiary alicyclic amines) is 1. The molecule has 2 aliphatic rings. The van der Waals surface area contributed by atoms with E-state index in [-0.39, 0.29) is 11.2 Å². The fourth-order valence-electron chi connectivity index (χ4n) is 3.12. The summed E-state index contributed by atoms with van der Waals surface area (Å²) in [6.45, 7) is 2.78. The Hall–Kier alpha value is -1.58. The number of nitrogens with zero attached hydrogens (tertiary/aromatic N) is 2. The molecule has 0 atom stereocenters. The lowest BCUT2D eigenvalue weighted by Crippen LogP contribution is -2.38. The maximum absolute atomic E-state index is 13.0. The molecule has 1 aromatic carbocycles. The van der Waals surface area contributed by atoms with Crippen molar-refractivity contribution in [2.24, 2.45) is 10.7 Å². The second-order valence-corrected chi connectivity index (χ2v) is 6.36. The van der Waals surface area contributed by atoms with Crippen LogP contribution in [-0.4, -0.2) is 30.5 Å². The molecule has 1 aromatic rings. The molecule has 2 N–H and O–H groups in total. The first-order chi connectivity index (χ1) is 10.2. The zero-order chi connectivity index (χ0) is 14.7. The van der Waals surface area contributed by atoms with Gasteiger partial charge in [-0.2, -0.15) is 0 Å². The summed E-state index contributed by atoms with van der Waals surface area (Å²) in [6, 6.07) is 6.86. The number of hydrogen-bond acceptors (Lipinski definition) is 1. The van der Waals surface area contributed by atoms with Gasteiger partial charge in [-0.05, 0) is 43.4 Å². The van der Waals surface area contributed by atoms with Gasteiger partial charge in [0.05, 0.1) is 6.54 Å². The summed E-state index contributed by atoms with van der Waals surface area (Å²) in [7, 11) is 0. The zero-order valence-electron chi connectivity index (χ0n) is 12.5. The minimum absolute atomic E-state index is 0.101. The Balaban J connectivity index is 1.65. The number of halogens is 1. The highest BCUT2D eigenvalue weighted by atomic mass is 19.1. The predicted octanol–water partition coefficient (Wildman–Crippen LogP) is 3.05. The number of aliphatic imine (C=N–C) groups is 1. The zero-order valence-corrected chi connectivity index (χ0v) is 12.5. The normalized spacial score (nSPS) is 22.0. The third-order valence-electron chi connectivity index (χ3n) is 4.78. The van der Waals surface area contributed by atoms with Gasteiger partial charge in [0.2, 0.25) is 0 Å². The smallest absolute Gasteiger partial charge is 0.191 e. The highest BCUT2D eigenvalue weighted by Crippen LogP contribution is 2.48. The van der Waals surface area contributed by atoms with Crippen LogP contribution in [0.1, 0.15) is 44.1 Å². The Bertz CT molecular complexity index is 497. The molecule has 0 unspecified atom stereocenters. The van der Waals surface area contributed by atoms with Crippen molar-refractivity contribution in [1.82, 2.24) is 4.90 Å². The van der Waals surface area contributed by atoms with Gasteiger partial charge in [0.25, 0.3) is 0 Å². The van der Waals surface area contributed by atoms with Crippen LogP contribution in [-0.2, 0) is 5.41 Å². The van der Waals surface area contributed by atoms with Crippen LogP contribution in [0.3, 0.4) is 0 Å². The number of benzene rings is 1. The SMILES string of the molecule is NC(=NCC1(c2ccc(F)cc2)CC1)N1CCCCCC1. The topological polar surface area (TPSA) is 41.6 Å². The standard InChI is InChI=1S/C17H24FN3/c18-15-7-5-14(6-8-15)17(9-10-17)13-20-16(19)21-11-3-1-2-4-12-21/h5-8H,1-4,9-13H2,(H2,19,20). The minimum Gasteiger partial charge on any atom is -0.370 e. The third kappa shape index (κ3) is 3.36. The van der Waals surface area contributed by atoms with Gasteiger partial charge < -0.3 is 10.6 Å². The van der Waals surface area contributed by atoms with Crippen LogP contribution < -0.4 is 5.73 Å². The van der Waals surface area contributed by atoms with Crippen LogP contribution in [0.15, 0.2) is 29.3 Å². The van der Waals surface area contributed by atoms with Crippen LogP contribution in [0, 0.1) is 5.82 Å². The Morgan fingerprint density at radius 1 is 1.10 bits per heavy atom. The summed E-state index contributed by atoms with van der Waals surface area (Å²) in [5.74, 6) is 0.507. The maximum atomic E-state index is 13.0. The van der Waals surface area contributed by atoms with E-state index in [2.05, 4.69) is 9.89 Å². The molecule has 2 fully saturated rings. The molecule has 0 radical (unpaired) electrons. The van der Waals surface area contributed by atoms with Gasteiger partial charge >= 0.3 is 0 Å². The quantitative estimate of drug-likeness (QED) is 0.686. The van der Waals surface area contributed by atoms with E-state index in [1.807, 2.05) is 12.1 Å². The lowest BCUT2D eigenvalue weighted by Gasteiger charge is -2.22. The van der Waals surface area contributed by atoms with Crippen molar-refractivity contribution < 1.29 is 4.39 Å². The van der Waals surface area contributed by atoms with Crippen LogP contribution in [0.25, 0.3) is 0 Å². The summed E-state index contributed by atoms with van der Waals surface area (Å²) in [6.07, 6.45) is 7.25. The van der Waals surface area contributed by atoms with Gasteiger partial charge in [-0.25, -0.2) is 4.39 Å². The second kappa shape index (κ2) is 6.04. The summed E-state index contributed by atoms with van der Waals surface area (Å²) < 4.78 is 13.0. The first kappa shape index (κ1) is 14.4. The van der Waals surface area contributed by atoms with E-state index in [1.54, 1.807) is 0 Å². The lowest BCUT2D eigenvalue weighted by atomic mass is 9.96. The number of rotatable bonds is 3. The Morgan fingerprint density at radius 3 is 2.29 bits per heavy atom. The molecule has 1 heterocycles. The summed E-state index contributed by atoms with van der Waals surface area (Å²) in [4.78, 5) is 6.87. The highest BCUT2D eigenvalue weighted by molar-refractivity contribution is 5.78. The highest BCUT2D eigenvalue weighted by Gasteiger charge is 2.44. The monoisotopic (exact) mass is 289 g/mol. The fourth-order valence-corrected chi connectivity index (χ4v) is 3.12. The molecule has 3 nitrogen and oxygen atoms in total. The van der Waals surface area contributed by atoms with Crippen molar-refractivity contribution in [1.29, 1.82) is 0 Å². The van der Waals surface area contributed by atoms with Crippen molar-refractivity contribution in [2.75, 3.05) is 19.6 Å².